The van der Waals surface area contributed by atoms with Crippen molar-refractivity contribution in [3.63, 3.8) is 0 Å². The van der Waals surface area contributed by atoms with Crippen LogP contribution >= 0.6 is 0 Å². The number of piperazine rings is 1. The minimum Gasteiger partial charge on any atom is -0.384 e. The minimum atomic E-state index is 0.498. The average Bonchev–Trinajstić information content (AvgIpc) is 2.48. The molecule has 0 amide bonds. The summed E-state index contributed by atoms with van der Waals surface area (Å²) in [6.45, 7) is 4.37. The lowest BCUT2D eigenvalue weighted by atomic mass is 10.1. The highest BCUT2D eigenvalue weighted by molar-refractivity contribution is 5.61. The lowest BCUT2D eigenvalue weighted by Gasteiger charge is -2.34. The van der Waals surface area contributed by atoms with Crippen LogP contribution < -0.4 is 10.6 Å². The fourth-order valence-corrected chi connectivity index (χ4v) is 2.40. The summed E-state index contributed by atoms with van der Waals surface area (Å²) in [4.78, 5) is 13.3. The molecule has 2 N–H and O–H groups in total. The zero-order valence-electron chi connectivity index (χ0n) is 11.7. The van der Waals surface area contributed by atoms with Crippen molar-refractivity contribution < 1.29 is 0 Å². The van der Waals surface area contributed by atoms with Crippen LogP contribution in [0.2, 0.25) is 0 Å². The summed E-state index contributed by atoms with van der Waals surface area (Å²) < 4.78 is 0. The van der Waals surface area contributed by atoms with Gasteiger partial charge in [0.25, 0.3) is 0 Å². The number of aromatic nitrogens is 2. The lowest BCUT2D eigenvalue weighted by Crippen LogP contribution is -2.44. The smallest absolute Gasteiger partial charge is 0.161 e. The van der Waals surface area contributed by atoms with E-state index < -0.39 is 0 Å². The van der Waals surface area contributed by atoms with Crippen molar-refractivity contribution in [2.45, 2.75) is 0 Å². The van der Waals surface area contributed by atoms with Crippen LogP contribution in [-0.4, -0.2) is 48.1 Å². The van der Waals surface area contributed by atoms with Gasteiger partial charge in [-0.3, -0.25) is 0 Å². The molecule has 0 atom stereocenters. The van der Waals surface area contributed by atoms with Crippen LogP contribution in [0, 0.1) is 0 Å². The van der Waals surface area contributed by atoms with E-state index >= 15 is 0 Å². The normalized spacial score (nSPS) is 16.4. The van der Waals surface area contributed by atoms with Crippen molar-refractivity contribution in [1.82, 2.24) is 14.9 Å². The Balaban J connectivity index is 1.78. The van der Waals surface area contributed by atoms with Crippen LogP contribution in [0.15, 0.2) is 36.5 Å². The Morgan fingerprint density at radius 1 is 1.00 bits per heavy atom. The molecule has 5 heteroatoms. The molecule has 104 valence electrons. The van der Waals surface area contributed by atoms with Gasteiger partial charge in [-0.15, -0.1) is 0 Å². The molecular weight excluding hydrogens is 250 g/mol. The van der Waals surface area contributed by atoms with E-state index in [-0.39, 0.29) is 0 Å². The fraction of sp³-hybridized carbons (Fsp3) is 0.333. The third-order valence-corrected chi connectivity index (χ3v) is 3.67. The SMILES string of the molecule is CN1CCN(c2ccc(-c3nccc(N)n3)cc2)CC1. The van der Waals surface area contributed by atoms with Crippen LogP contribution in [0.25, 0.3) is 11.4 Å². The van der Waals surface area contributed by atoms with Crippen molar-refractivity contribution in [3.8, 4) is 11.4 Å². The van der Waals surface area contributed by atoms with Crippen molar-refractivity contribution in [2.75, 3.05) is 43.9 Å². The molecule has 1 aromatic heterocycles. The highest BCUT2D eigenvalue weighted by Crippen LogP contribution is 2.21. The fourth-order valence-electron chi connectivity index (χ4n) is 2.40. The van der Waals surface area contributed by atoms with Gasteiger partial charge in [0.2, 0.25) is 0 Å². The number of rotatable bonds is 2. The van der Waals surface area contributed by atoms with Gasteiger partial charge in [0, 0.05) is 43.6 Å². The van der Waals surface area contributed by atoms with E-state index in [2.05, 4.69) is 51.1 Å². The lowest BCUT2D eigenvalue weighted by molar-refractivity contribution is 0.313. The molecular formula is C15H19N5. The highest BCUT2D eigenvalue weighted by Gasteiger charge is 2.14. The molecule has 1 aromatic carbocycles. The van der Waals surface area contributed by atoms with Crippen LogP contribution in [0.4, 0.5) is 11.5 Å². The van der Waals surface area contributed by atoms with Gasteiger partial charge < -0.3 is 15.5 Å². The molecule has 20 heavy (non-hydrogen) atoms. The van der Waals surface area contributed by atoms with Crippen LogP contribution in [-0.2, 0) is 0 Å². The van der Waals surface area contributed by atoms with E-state index in [9.17, 15) is 0 Å². The van der Waals surface area contributed by atoms with Gasteiger partial charge in [-0.1, -0.05) is 0 Å². The first-order valence-corrected chi connectivity index (χ1v) is 6.85. The number of hydrogen-bond donors (Lipinski definition) is 1. The van der Waals surface area contributed by atoms with Gasteiger partial charge in [0.15, 0.2) is 5.82 Å². The number of nitrogens with two attached hydrogens (primary N) is 1. The molecule has 0 bridgehead atoms. The molecule has 3 rings (SSSR count). The quantitative estimate of drug-likeness (QED) is 0.895. The second-order valence-corrected chi connectivity index (χ2v) is 5.14. The number of hydrogen-bond acceptors (Lipinski definition) is 5. The van der Waals surface area contributed by atoms with E-state index in [1.807, 2.05) is 0 Å². The molecule has 1 aliphatic heterocycles. The third kappa shape index (κ3) is 2.72. The number of likely N-dealkylation sites (N-methyl/N-ethyl adjacent to an activating group) is 1. The second-order valence-electron chi connectivity index (χ2n) is 5.14. The standard InChI is InChI=1S/C15H19N5/c1-19-8-10-20(11-9-19)13-4-2-12(3-5-13)15-17-7-6-14(16)18-15/h2-7H,8-11H2,1H3,(H2,16,17,18). The summed E-state index contributed by atoms with van der Waals surface area (Å²) in [5, 5.41) is 0. The Morgan fingerprint density at radius 3 is 2.35 bits per heavy atom. The maximum Gasteiger partial charge on any atom is 0.161 e. The van der Waals surface area contributed by atoms with Crippen LogP contribution in [0.3, 0.4) is 0 Å². The molecule has 1 fully saturated rings. The van der Waals surface area contributed by atoms with E-state index in [4.69, 9.17) is 5.73 Å². The Labute approximate surface area is 119 Å². The second kappa shape index (κ2) is 5.46. The minimum absolute atomic E-state index is 0.498. The summed E-state index contributed by atoms with van der Waals surface area (Å²) in [7, 11) is 2.16. The molecule has 0 saturated carbocycles. The van der Waals surface area contributed by atoms with Gasteiger partial charge in [-0.05, 0) is 37.4 Å². The first-order valence-electron chi connectivity index (χ1n) is 6.85. The predicted octanol–water partition coefficient (Wildman–Crippen LogP) is 1.48. The number of benzene rings is 1. The molecule has 2 heterocycles. The zero-order valence-corrected chi connectivity index (χ0v) is 11.7. The summed E-state index contributed by atoms with van der Waals surface area (Å²) in [5.41, 5.74) is 7.94. The predicted molar refractivity (Wildman–Crippen MR) is 81.6 cm³/mol. The Hall–Kier alpha value is -2.14. The van der Waals surface area contributed by atoms with Crippen molar-refractivity contribution >= 4 is 11.5 Å². The molecule has 1 aliphatic rings. The first kappa shape index (κ1) is 12.9. The van der Waals surface area contributed by atoms with Crippen molar-refractivity contribution in [1.29, 1.82) is 0 Å². The van der Waals surface area contributed by atoms with Crippen LogP contribution in [0.1, 0.15) is 0 Å². The Kier molecular flexibility index (Phi) is 3.52. The molecule has 1 saturated heterocycles. The number of nitrogen functional groups attached to an aromatic ring is 1. The zero-order chi connectivity index (χ0) is 13.9. The van der Waals surface area contributed by atoms with E-state index in [1.165, 1.54) is 5.69 Å². The number of nitrogens with zero attached hydrogens (tertiary/aromatic N) is 4. The Bertz CT molecular complexity index is 573. The van der Waals surface area contributed by atoms with Crippen molar-refractivity contribution in [2.24, 2.45) is 0 Å². The first-order chi connectivity index (χ1) is 9.72. The molecule has 0 aliphatic carbocycles. The molecule has 0 spiro atoms. The summed E-state index contributed by atoms with van der Waals surface area (Å²) in [6, 6.07) is 10.1. The van der Waals surface area contributed by atoms with Gasteiger partial charge in [0.05, 0.1) is 0 Å². The van der Waals surface area contributed by atoms with Crippen LogP contribution in [0.5, 0.6) is 0 Å². The van der Waals surface area contributed by atoms with E-state index in [1.54, 1.807) is 12.3 Å². The maximum atomic E-state index is 5.69. The molecule has 5 nitrogen and oxygen atoms in total. The van der Waals surface area contributed by atoms with E-state index in [0.29, 0.717) is 11.6 Å². The van der Waals surface area contributed by atoms with Crippen molar-refractivity contribution in [3.05, 3.63) is 36.5 Å². The summed E-state index contributed by atoms with van der Waals surface area (Å²) in [6.07, 6.45) is 1.69. The molecule has 0 radical (unpaired) electrons. The maximum absolute atomic E-state index is 5.69. The third-order valence-electron chi connectivity index (χ3n) is 3.67. The summed E-state index contributed by atoms with van der Waals surface area (Å²) in [5.74, 6) is 1.17. The van der Waals surface area contributed by atoms with Gasteiger partial charge in [0.1, 0.15) is 5.82 Å². The highest BCUT2D eigenvalue weighted by atomic mass is 15.2. The molecule has 0 unspecified atom stereocenters. The van der Waals surface area contributed by atoms with Gasteiger partial charge in [-0.25, -0.2) is 9.97 Å². The monoisotopic (exact) mass is 269 g/mol. The topological polar surface area (TPSA) is 58.3 Å². The van der Waals surface area contributed by atoms with Gasteiger partial charge >= 0.3 is 0 Å². The molecule has 2 aromatic rings. The summed E-state index contributed by atoms with van der Waals surface area (Å²) >= 11 is 0. The van der Waals surface area contributed by atoms with Gasteiger partial charge in [-0.2, -0.15) is 0 Å². The van der Waals surface area contributed by atoms with E-state index in [0.717, 1.165) is 31.7 Å². The number of anilines is 2. The largest absolute Gasteiger partial charge is 0.384 e. The Morgan fingerprint density at radius 2 is 1.70 bits per heavy atom. The average molecular weight is 269 g/mol.